The minimum Gasteiger partial charge on any atom is -0.481 e. The van der Waals surface area contributed by atoms with E-state index in [4.69, 9.17) is 21.3 Å². The van der Waals surface area contributed by atoms with Crippen LogP contribution in [0.25, 0.3) is 22.5 Å². The fraction of sp³-hybridized carbons (Fsp3) is 0.353. The van der Waals surface area contributed by atoms with Gasteiger partial charge >= 0.3 is 0 Å². The van der Waals surface area contributed by atoms with Gasteiger partial charge in [-0.3, -0.25) is 14.7 Å². The number of pyridine rings is 3. The molecule has 0 radical (unpaired) electrons. The molecule has 2 aliphatic heterocycles. The summed E-state index contributed by atoms with van der Waals surface area (Å²) < 4.78 is 21.1. The van der Waals surface area contributed by atoms with E-state index >= 15 is 4.39 Å². The Morgan fingerprint density at radius 2 is 1.93 bits per heavy atom. The number of likely N-dealkylation sites (tertiary alicyclic amines) is 1. The van der Waals surface area contributed by atoms with Crippen molar-refractivity contribution in [3.63, 3.8) is 0 Å². The molecule has 6 rings (SSSR count). The number of ether oxygens (including phenoxy) is 1. The molecule has 2 saturated heterocycles. The Bertz CT molecular complexity index is 1730. The van der Waals surface area contributed by atoms with Crippen molar-refractivity contribution in [1.82, 2.24) is 30.5 Å². The number of nitrogens with zero attached hydrogens (tertiary/aromatic N) is 4. The molecular formula is C34H37ClFN7O3. The molecule has 1 amide bonds. The zero-order chi connectivity index (χ0) is 32.2. The van der Waals surface area contributed by atoms with Gasteiger partial charge in [0.05, 0.1) is 29.2 Å². The molecule has 0 aliphatic carbocycles. The minimum absolute atomic E-state index is 0.0908. The van der Waals surface area contributed by atoms with E-state index in [0.29, 0.717) is 59.5 Å². The van der Waals surface area contributed by atoms with Gasteiger partial charge in [-0.05, 0) is 43.2 Å². The first-order chi connectivity index (χ1) is 22.3. The number of halogens is 2. The summed E-state index contributed by atoms with van der Waals surface area (Å²) in [5.41, 5.74) is 5.78. The number of methoxy groups -OCH3 is 1. The Labute approximate surface area is 272 Å². The molecule has 1 aromatic carbocycles. The number of hydrogen-bond acceptors (Lipinski definition) is 9. The average molecular weight is 646 g/mol. The Kier molecular flexibility index (Phi) is 9.74. The fourth-order valence-electron chi connectivity index (χ4n) is 6.02. The van der Waals surface area contributed by atoms with Gasteiger partial charge in [-0.25, -0.2) is 14.4 Å². The lowest BCUT2D eigenvalue weighted by Gasteiger charge is -2.38. The van der Waals surface area contributed by atoms with E-state index < -0.39 is 5.82 Å². The topological polar surface area (TPSA) is 125 Å². The number of rotatable bonds is 12. The number of nitrogens with one attached hydrogen (secondary N) is 3. The molecule has 0 saturated carbocycles. The summed E-state index contributed by atoms with van der Waals surface area (Å²) in [6.07, 6.45) is 4.70. The van der Waals surface area contributed by atoms with Crippen LogP contribution in [0.4, 0.5) is 15.9 Å². The first-order valence-corrected chi connectivity index (χ1v) is 15.7. The van der Waals surface area contributed by atoms with Crippen LogP contribution in [0.15, 0.2) is 54.9 Å². The van der Waals surface area contributed by atoms with Gasteiger partial charge in [0.25, 0.3) is 0 Å². The third kappa shape index (κ3) is 6.82. The molecule has 2 aliphatic rings. The second-order valence-electron chi connectivity index (χ2n) is 11.8. The second kappa shape index (κ2) is 14.1. The summed E-state index contributed by atoms with van der Waals surface area (Å²) >= 11 is 6.93. The zero-order valence-electron chi connectivity index (χ0n) is 25.8. The van der Waals surface area contributed by atoms with E-state index in [1.807, 2.05) is 37.3 Å². The number of carbonyl (C=O) groups is 1. The molecule has 10 nitrogen and oxygen atoms in total. The van der Waals surface area contributed by atoms with Gasteiger partial charge < -0.3 is 25.8 Å². The summed E-state index contributed by atoms with van der Waals surface area (Å²) in [7, 11) is 1.60. The average Bonchev–Trinajstić information content (AvgIpc) is 3.46. The molecule has 1 unspecified atom stereocenters. The summed E-state index contributed by atoms with van der Waals surface area (Å²) in [5, 5.41) is 19.1. The van der Waals surface area contributed by atoms with E-state index in [1.54, 1.807) is 31.6 Å². The summed E-state index contributed by atoms with van der Waals surface area (Å²) in [4.78, 5) is 27.3. The quantitative estimate of drug-likeness (QED) is 0.171. The maximum atomic E-state index is 15.5. The van der Waals surface area contributed by atoms with Crippen LogP contribution >= 0.6 is 11.6 Å². The van der Waals surface area contributed by atoms with Crippen molar-refractivity contribution < 1.29 is 19.0 Å². The first-order valence-electron chi connectivity index (χ1n) is 15.4. The lowest BCUT2D eigenvalue weighted by molar-refractivity contribution is -0.119. The molecule has 12 heteroatoms. The van der Waals surface area contributed by atoms with E-state index in [1.165, 1.54) is 0 Å². The van der Waals surface area contributed by atoms with Gasteiger partial charge in [0.1, 0.15) is 0 Å². The summed E-state index contributed by atoms with van der Waals surface area (Å²) in [6.45, 7) is 5.27. The van der Waals surface area contributed by atoms with Gasteiger partial charge in [-0.2, -0.15) is 0 Å². The highest BCUT2D eigenvalue weighted by Crippen LogP contribution is 2.38. The highest BCUT2D eigenvalue weighted by molar-refractivity contribution is 6.36. The fourth-order valence-corrected chi connectivity index (χ4v) is 6.28. The predicted molar refractivity (Wildman–Crippen MR) is 175 cm³/mol. The molecule has 0 spiro atoms. The lowest BCUT2D eigenvalue weighted by atomic mass is 9.99. The van der Waals surface area contributed by atoms with Crippen LogP contribution < -0.4 is 20.7 Å². The van der Waals surface area contributed by atoms with Crippen molar-refractivity contribution in [2.45, 2.75) is 38.9 Å². The Hall–Kier alpha value is -4.16. The van der Waals surface area contributed by atoms with Crippen LogP contribution in [0.2, 0.25) is 5.02 Å². The van der Waals surface area contributed by atoms with Gasteiger partial charge in [0.2, 0.25) is 11.8 Å². The lowest BCUT2D eigenvalue weighted by Crippen LogP contribution is -2.47. The van der Waals surface area contributed by atoms with Crippen molar-refractivity contribution in [2.75, 3.05) is 38.7 Å². The third-order valence-corrected chi connectivity index (χ3v) is 8.97. The third-order valence-electron chi connectivity index (χ3n) is 8.56. The minimum atomic E-state index is -0.434. The van der Waals surface area contributed by atoms with Crippen molar-refractivity contribution in [3.8, 4) is 28.4 Å². The van der Waals surface area contributed by atoms with Crippen molar-refractivity contribution in [3.05, 3.63) is 82.4 Å². The maximum absolute atomic E-state index is 15.5. The number of hydrogen-bond donors (Lipinski definition) is 4. The number of anilines is 2. The molecule has 1 atom stereocenters. The van der Waals surface area contributed by atoms with Gasteiger partial charge in [-0.1, -0.05) is 29.8 Å². The molecule has 0 bridgehead atoms. The van der Waals surface area contributed by atoms with Crippen LogP contribution in [0, 0.1) is 18.7 Å². The molecule has 4 N–H and O–H groups in total. The highest BCUT2D eigenvalue weighted by Gasteiger charge is 2.27. The van der Waals surface area contributed by atoms with E-state index in [-0.39, 0.29) is 30.3 Å². The highest BCUT2D eigenvalue weighted by atomic mass is 35.5. The maximum Gasteiger partial charge on any atom is 0.220 e. The molecular weight excluding hydrogens is 609 g/mol. The number of aromatic nitrogens is 3. The van der Waals surface area contributed by atoms with Gasteiger partial charge in [0.15, 0.2) is 11.6 Å². The smallest absolute Gasteiger partial charge is 0.220 e. The monoisotopic (exact) mass is 645 g/mol. The second-order valence-corrected chi connectivity index (χ2v) is 12.2. The number of amides is 1. The molecule has 46 heavy (non-hydrogen) atoms. The summed E-state index contributed by atoms with van der Waals surface area (Å²) in [6, 6.07) is 13.2. The molecule has 2 fully saturated rings. The first kappa shape index (κ1) is 31.8. The predicted octanol–water partition coefficient (Wildman–Crippen LogP) is 4.85. The van der Waals surface area contributed by atoms with E-state index in [0.717, 1.165) is 41.9 Å². The van der Waals surface area contributed by atoms with Crippen LogP contribution in [0.3, 0.4) is 0 Å². The number of benzene rings is 1. The van der Waals surface area contributed by atoms with Crippen LogP contribution in [0.1, 0.15) is 29.5 Å². The molecule has 3 aromatic heterocycles. The zero-order valence-corrected chi connectivity index (χ0v) is 26.6. The van der Waals surface area contributed by atoms with Crippen LogP contribution in [-0.2, 0) is 17.9 Å². The van der Waals surface area contributed by atoms with Gasteiger partial charge in [0, 0.05) is 92.4 Å². The summed E-state index contributed by atoms with van der Waals surface area (Å²) in [5.74, 6) is 0.517. The molecule has 4 aromatic rings. The van der Waals surface area contributed by atoms with Crippen molar-refractivity contribution in [2.24, 2.45) is 5.92 Å². The Morgan fingerprint density at radius 1 is 1.11 bits per heavy atom. The largest absolute Gasteiger partial charge is 0.481 e. The number of aliphatic hydroxyl groups excluding tert-OH is 1. The van der Waals surface area contributed by atoms with E-state index in [9.17, 15) is 9.90 Å². The van der Waals surface area contributed by atoms with Crippen molar-refractivity contribution in [1.29, 1.82) is 0 Å². The number of aliphatic hydroxyl groups is 1. The SMILES string of the molecule is COc1nc(-c2ccnc(-c3cccc(Nc4nccc(CN5CC(CO)C5)c4F)c3Cl)c2C)ccc1CNCC1CCC(=O)N1. The van der Waals surface area contributed by atoms with Crippen molar-refractivity contribution >= 4 is 29.0 Å². The Balaban J connectivity index is 1.20. The standard InChI is InChI=1S/C34H37ClFN7O3/c1-20-25(27-8-6-22(34(42-27)46-2)14-37-15-24-7-9-29(45)40-24)11-13-38-32(20)26-4-3-5-28(30(26)35)41-33-31(36)23(10-12-39-33)18-43-16-21(17-43)19-44/h3-6,8,10-13,21,24,37,44H,7,9,14-19H2,1-2H3,(H,39,41)(H,40,45). The number of carbonyl (C=O) groups excluding carboxylic acids is 1. The van der Waals surface area contributed by atoms with Crippen LogP contribution in [0.5, 0.6) is 5.88 Å². The Morgan fingerprint density at radius 3 is 2.70 bits per heavy atom. The molecule has 5 heterocycles. The van der Waals surface area contributed by atoms with E-state index in [2.05, 4.69) is 30.8 Å². The van der Waals surface area contributed by atoms with Crippen LogP contribution in [-0.4, -0.2) is 70.3 Å². The molecule has 240 valence electrons. The van der Waals surface area contributed by atoms with Gasteiger partial charge in [-0.15, -0.1) is 0 Å². The normalized spacial score (nSPS) is 16.7.